The Labute approximate surface area is 169 Å². The minimum absolute atomic E-state index is 0.420. The minimum Gasteiger partial charge on any atom is -0.490 e. The SMILES string of the molecule is Cc1ccc(OCCOc2cccc(CC(C(=O)O)c3cccs3)c2)cc1C. The van der Waals surface area contributed by atoms with Gasteiger partial charge in [0.15, 0.2) is 0 Å². The second-order valence-electron chi connectivity index (χ2n) is 6.70. The normalized spacial score (nSPS) is 11.8. The molecule has 0 aliphatic heterocycles. The van der Waals surface area contributed by atoms with Crippen LogP contribution in [-0.4, -0.2) is 24.3 Å². The van der Waals surface area contributed by atoms with Gasteiger partial charge in [0.25, 0.3) is 0 Å². The van der Waals surface area contributed by atoms with Crippen molar-refractivity contribution in [2.45, 2.75) is 26.2 Å². The lowest BCUT2D eigenvalue weighted by Gasteiger charge is -2.13. The van der Waals surface area contributed by atoms with Crippen molar-refractivity contribution in [1.29, 1.82) is 0 Å². The van der Waals surface area contributed by atoms with Crippen LogP contribution in [0.1, 0.15) is 27.5 Å². The number of rotatable bonds is 9. The van der Waals surface area contributed by atoms with E-state index >= 15 is 0 Å². The summed E-state index contributed by atoms with van der Waals surface area (Å²) in [6.07, 6.45) is 0.437. The summed E-state index contributed by atoms with van der Waals surface area (Å²) >= 11 is 1.47. The number of aliphatic carboxylic acids is 1. The first kappa shape index (κ1) is 20.0. The summed E-state index contributed by atoms with van der Waals surface area (Å²) in [5, 5.41) is 11.5. The number of carboxylic acids is 1. The molecule has 3 aromatic rings. The van der Waals surface area contributed by atoms with Crippen LogP contribution >= 0.6 is 11.3 Å². The summed E-state index contributed by atoms with van der Waals surface area (Å²) in [6, 6.07) is 17.4. The molecule has 28 heavy (non-hydrogen) atoms. The van der Waals surface area contributed by atoms with Crippen LogP contribution in [0.4, 0.5) is 0 Å². The monoisotopic (exact) mass is 396 g/mol. The molecule has 1 aromatic heterocycles. The number of aryl methyl sites for hydroxylation is 2. The number of carbonyl (C=O) groups is 1. The first-order valence-corrected chi connectivity index (χ1v) is 10.1. The van der Waals surface area contributed by atoms with Crippen LogP contribution < -0.4 is 9.47 Å². The summed E-state index contributed by atoms with van der Waals surface area (Å²) in [4.78, 5) is 12.5. The predicted octanol–water partition coefficient (Wildman–Crippen LogP) is 5.23. The van der Waals surface area contributed by atoms with Gasteiger partial charge in [-0.2, -0.15) is 0 Å². The number of carboxylic acid groups (broad SMARTS) is 1. The molecule has 3 rings (SSSR count). The maximum Gasteiger partial charge on any atom is 0.312 e. The van der Waals surface area contributed by atoms with Gasteiger partial charge >= 0.3 is 5.97 Å². The van der Waals surface area contributed by atoms with E-state index in [-0.39, 0.29) is 0 Å². The lowest BCUT2D eigenvalue weighted by molar-refractivity contribution is -0.138. The molecule has 0 saturated carbocycles. The maximum atomic E-state index is 11.6. The Morgan fingerprint density at radius 2 is 1.71 bits per heavy atom. The summed E-state index contributed by atoms with van der Waals surface area (Å²) in [7, 11) is 0. The first-order chi connectivity index (χ1) is 13.5. The summed E-state index contributed by atoms with van der Waals surface area (Å²) in [5.41, 5.74) is 3.38. The van der Waals surface area contributed by atoms with Gasteiger partial charge in [-0.05, 0) is 72.7 Å². The van der Waals surface area contributed by atoms with E-state index < -0.39 is 11.9 Å². The topological polar surface area (TPSA) is 55.8 Å². The average Bonchev–Trinajstić information content (AvgIpc) is 3.20. The molecule has 0 radical (unpaired) electrons. The Morgan fingerprint density at radius 3 is 2.36 bits per heavy atom. The maximum absolute atomic E-state index is 11.6. The largest absolute Gasteiger partial charge is 0.490 e. The molecule has 0 spiro atoms. The fourth-order valence-electron chi connectivity index (χ4n) is 2.92. The van der Waals surface area contributed by atoms with Crippen molar-refractivity contribution in [1.82, 2.24) is 0 Å². The number of thiophene rings is 1. The van der Waals surface area contributed by atoms with Crippen LogP contribution in [0.25, 0.3) is 0 Å². The van der Waals surface area contributed by atoms with E-state index in [0.29, 0.717) is 19.6 Å². The third-order valence-electron chi connectivity index (χ3n) is 4.62. The molecular formula is C23H24O4S. The summed E-state index contributed by atoms with van der Waals surface area (Å²) in [6.45, 7) is 5.00. The number of benzene rings is 2. The highest BCUT2D eigenvalue weighted by Crippen LogP contribution is 2.27. The lowest BCUT2D eigenvalue weighted by Crippen LogP contribution is -2.13. The Bertz CT molecular complexity index is 918. The summed E-state index contributed by atoms with van der Waals surface area (Å²) in [5.74, 6) is 0.205. The zero-order valence-electron chi connectivity index (χ0n) is 16.1. The van der Waals surface area contributed by atoms with E-state index in [0.717, 1.165) is 21.9 Å². The average molecular weight is 397 g/mol. The Morgan fingerprint density at radius 1 is 0.964 bits per heavy atom. The Hall–Kier alpha value is -2.79. The quantitative estimate of drug-likeness (QED) is 0.503. The zero-order valence-corrected chi connectivity index (χ0v) is 16.9. The second-order valence-corrected chi connectivity index (χ2v) is 7.68. The van der Waals surface area contributed by atoms with Gasteiger partial charge in [-0.25, -0.2) is 0 Å². The van der Waals surface area contributed by atoms with Crippen molar-refractivity contribution in [3.05, 3.63) is 81.5 Å². The predicted molar refractivity (Wildman–Crippen MR) is 112 cm³/mol. The first-order valence-electron chi connectivity index (χ1n) is 9.21. The molecule has 0 bridgehead atoms. The van der Waals surface area contributed by atoms with Crippen molar-refractivity contribution < 1.29 is 19.4 Å². The van der Waals surface area contributed by atoms with Gasteiger partial charge < -0.3 is 14.6 Å². The molecule has 4 nitrogen and oxygen atoms in total. The molecule has 0 amide bonds. The highest BCUT2D eigenvalue weighted by molar-refractivity contribution is 7.10. The smallest absolute Gasteiger partial charge is 0.312 e. The highest BCUT2D eigenvalue weighted by atomic mass is 32.1. The third-order valence-corrected chi connectivity index (χ3v) is 5.61. The van der Waals surface area contributed by atoms with Crippen LogP contribution in [-0.2, 0) is 11.2 Å². The van der Waals surface area contributed by atoms with E-state index in [1.807, 2.05) is 60.0 Å². The van der Waals surface area contributed by atoms with Crippen molar-refractivity contribution in [2.75, 3.05) is 13.2 Å². The second kappa shape index (κ2) is 9.42. The molecule has 146 valence electrons. The molecule has 0 saturated heterocycles. The van der Waals surface area contributed by atoms with Crippen molar-refractivity contribution in [3.8, 4) is 11.5 Å². The summed E-state index contributed by atoms with van der Waals surface area (Å²) < 4.78 is 11.5. The van der Waals surface area contributed by atoms with E-state index in [9.17, 15) is 9.90 Å². The zero-order chi connectivity index (χ0) is 19.9. The number of hydrogen-bond donors (Lipinski definition) is 1. The Kier molecular flexibility index (Phi) is 6.71. The third kappa shape index (κ3) is 5.36. The standard InChI is InChI=1S/C23H24O4S/c1-16-8-9-20(13-17(16)2)27-11-10-26-19-6-3-5-18(14-19)15-21(23(24)25)22-7-4-12-28-22/h3-9,12-14,21H,10-11,15H2,1-2H3,(H,24,25). The van der Waals surface area contributed by atoms with Gasteiger partial charge in [0.05, 0.1) is 5.92 Å². The van der Waals surface area contributed by atoms with Gasteiger partial charge in [0.2, 0.25) is 0 Å². The molecule has 2 aromatic carbocycles. The van der Waals surface area contributed by atoms with Crippen LogP contribution in [0.15, 0.2) is 60.0 Å². The van der Waals surface area contributed by atoms with Crippen molar-refractivity contribution >= 4 is 17.3 Å². The van der Waals surface area contributed by atoms with E-state index in [2.05, 4.69) is 13.8 Å². The lowest BCUT2D eigenvalue weighted by atomic mass is 9.98. The molecular weight excluding hydrogens is 372 g/mol. The van der Waals surface area contributed by atoms with Gasteiger partial charge in [0, 0.05) is 4.88 Å². The highest BCUT2D eigenvalue weighted by Gasteiger charge is 2.21. The molecule has 1 unspecified atom stereocenters. The van der Waals surface area contributed by atoms with Crippen LogP contribution in [0.3, 0.4) is 0 Å². The Balaban J connectivity index is 1.54. The molecule has 5 heteroatoms. The van der Waals surface area contributed by atoms with Crippen LogP contribution in [0, 0.1) is 13.8 Å². The van der Waals surface area contributed by atoms with Crippen LogP contribution in [0.2, 0.25) is 0 Å². The number of hydrogen-bond acceptors (Lipinski definition) is 4. The molecule has 1 heterocycles. The van der Waals surface area contributed by atoms with Crippen molar-refractivity contribution in [2.24, 2.45) is 0 Å². The molecule has 1 N–H and O–H groups in total. The minimum atomic E-state index is -0.810. The van der Waals surface area contributed by atoms with E-state index in [1.165, 1.54) is 22.5 Å². The van der Waals surface area contributed by atoms with E-state index in [4.69, 9.17) is 9.47 Å². The van der Waals surface area contributed by atoms with Gasteiger partial charge in [-0.3, -0.25) is 4.79 Å². The fourth-order valence-corrected chi connectivity index (χ4v) is 3.74. The van der Waals surface area contributed by atoms with Crippen LogP contribution in [0.5, 0.6) is 11.5 Å². The van der Waals surface area contributed by atoms with Gasteiger partial charge in [-0.15, -0.1) is 11.3 Å². The van der Waals surface area contributed by atoms with E-state index in [1.54, 1.807) is 0 Å². The van der Waals surface area contributed by atoms with Gasteiger partial charge in [0.1, 0.15) is 24.7 Å². The molecule has 1 atom stereocenters. The molecule has 0 aliphatic rings. The molecule has 0 aliphatic carbocycles. The van der Waals surface area contributed by atoms with Crippen molar-refractivity contribution in [3.63, 3.8) is 0 Å². The number of ether oxygens (including phenoxy) is 2. The molecule has 0 fully saturated rings. The fraction of sp³-hybridized carbons (Fsp3) is 0.261. The van der Waals surface area contributed by atoms with Gasteiger partial charge in [-0.1, -0.05) is 24.3 Å².